The number of hydrogen-bond donors (Lipinski definition) is 0. The van der Waals surface area contributed by atoms with Crippen LogP contribution in [0, 0.1) is 6.92 Å². The molecule has 7 nitrogen and oxygen atoms in total. The molecule has 1 aliphatic rings. The van der Waals surface area contributed by atoms with E-state index in [2.05, 4.69) is 0 Å². The summed E-state index contributed by atoms with van der Waals surface area (Å²) in [5.41, 5.74) is 1.57. The highest BCUT2D eigenvalue weighted by Gasteiger charge is 2.28. The Morgan fingerprint density at radius 3 is 2.63 bits per heavy atom. The van der Waals surface area contributed by atoms with Crippen molar-refractivity contribution in [3.8, 4) is 17.0 Å². The molecule has 0 fully saturated rings. The average Bonchev–Trinajstić information content (AvgIpc) is 2.92. The van der Waals surface area contributed by atoms with Crippen molar-refractivity contribution < 1.29 is 19.0 Å². The summed E-state index contributed by atoms with van der Waals surface area (Å²) in [7, 11) is 0. The van der Waals surface area contributed by atoms with E-state index < -0.39 is 6.16 Å². The van der Waals surface area contributed by atoms with Crippen LogP contribution < -0.4 is 10.3 Å². The van der Waals surface area contributed by atoms with Crippen LogP contribution in [-0.4, -0.2) is 35.3 Å². The summed E-state index contributed by atoms with van der Waals surface area (Å²) in [6.45, 7) is 5.83. The Kier molecular flexibility index (Phi) is 6.23. The van der Waals surface area contributed by atoms with Crippen LogP contribution in [0.25, 0.3) is 11.1 Å². The van der Waals surface area contributed by atoms with Gasteiger partial charge < -0.3 is 14.2 Å². The van der Waals surface area contributed by atoms with Crippen molar-refractivity contribution in [3.05, 3.63) is 39.1 Å². The fraction of sp³-hybridized carbons (Fsp3) is 0.474. The summed E-state index contributed by atoms with van der Waals surface area (Å²) in [4.78, 5) is 25.1. The first-order valence-electron chi connectivity index (χ1n) is 9.05. The maximum atomic E-state index is 13.0. The van der Waals surface area contributed by atoms with Crippen LogP contribution in [0.3, 0.4) is 0 Å². The molecular formula is C19H23ClN2O5. The molecule has 146 valence electrons. The molecule has 0 amide bonds. The third kappa shape index (κ3) is 4.20. The fourth-order valence-corrected chi connectivity index (χ4v) is 3.46. The highest BCUT2D eigenvalue weighted by Crippen LogP contribution is 2.35. The molecule has 0 saturated carbocycles. The van der Waals surface area contributed by atoms with Crippen molar-refractivity contribution >= 4 is 17.8 Å². The summed E-state index contributed by atoms with van der Waals surface area (Å²) in [6.07, 6.45) is 0.916. The van der Waals surface area contributed by atoms with Gasteiger partial charge in [0.15, 0.2) is 0 Å². The van der Waals surface area contributed by atoms with Gasteiger partial charge in [-0.25, -0.2) is 9.48 Å². The van der Waals surface area contributed by atoms with Crippen LogP contribution >= 0.6 is 11.6 Å². The molecule has 0 radical (unpaired) electrons. The number of aryl methyl sites for hydroxylation is 1. The zero-order chi connectivity index (χ0) is 19.4. The second kappa shape index (κ2) is 8.63. The highest BCUT2D eigenvalue weighted by atomic mass is 35.5. The minimum absolute atomic E-state index is 0.0816. The van der Waals surface area contributed by atoms with Crippen LogP contribution in [0.2, 0.25) is 5.02 Å². The molecular weight excluding hydrogens is 372 g/mol. The first-order valence-corrected chi connectivity index (χ1v) is 9.43. The lowest BCUT2D eigenvalue weighted by atomic mass is 10.1. The number of halogens is 1. The number of carbonyl (C=O) groups excluding carboxylic acids is 1. The van der Waals surface area contributed by atoms with E-state index in [0.29, 0.717) is 30.3 Å². The van der Waals surface area contributed by atoms with E-state index >= 15 is 0 Å². The fourth-order valence-electron chi connectivity index (χ4n) is 3.13. The van der Waals surface area contributed by atoms with E-state index in [-0.39, 0.29) is 30.2 Å². The van der Waals surface area contributed by atoms with Crippen LogP contribution in [0.4, 0.5) is 4.79 Å². The number of ether oxygens (including phenoxy) is 3. The van der Waals surface area contributed by atoms with Crippen LogP contribution in [0.1, 0.15) is 25.3 Å². The Morgan fingerprint density at radius 1 is 1.19 bits per heavy atom. The highest BCUT2D eigenvalue weighted by molar-refractivity contribution is 6.33. The molecule has 0 saturated heterocycles. The summed E-state index contributed by atoms with van der Waals surface area (Å²) in [5.74, 6) is 0.173. The minimum Gasteiger partial charge on any atom is -0.431 e. The Balaban J connectivity index is 1.96. The molecule has 0 aliphatic carbocycles. The first kappa shape index (κ1) is 19.5. The van der Waals surface area contributed by atoms with E-state index in [4.69, 9.17) is 25.8 Å². The third-order valence-electron chi connectivity index (χ3n) is 4.40. The average molecular weight is 395 g/mol. The largest absolute Gasteiger partial charge is 0.515 e. The van der Waals surface area contributed by atoms with Crippen LogP contribution in [0.5, 0.6) is 5.88 Å². The van der Waals surface area contributed by atoms with Gasteiger partial charge in [0.1, 0.15) is 12.2 Å². The second-order valence-corrected chi connectivity index (χ2v) is 6.73. The topological polar surface area (TPSA) is 71.7 Å². The summed E-state index contributed by atoms with van der Waals surface area (Å²) in [5, 5.41) is 0.435. The molecule has 2 heterocycles. The zero-order valence-corrected chi connectivity index (χ0v) is 16.3. The minimum atomic E-state index is -0.870. The summed E-state index contributed by atoms with van der Waals surface area (Å²) >= 11 is 6.38. The summed E-state index contributed by atoms with van der Waals surface area (Å²) in [6, 6.07) is 5.42. The molecule has 27 heavy (non-hydrogen) atoms. The molecule has 1 aromatic carbocycles. The molecule has 0 atom stereocenters. The van der Waals surface area contributed by atoms with Crippen LogP contribution in [-0.2, 0) is 22.6 Å². The van der Waals surface area contributed by atoms with Gasteiger partial charge in [-0.2, -0.15) is 0 Å². The number of fused-ring (bicyclic) bond motifs is 1. The van der Waals surface area contributed by atoms with Crippen molar-refractivity contribution in [1.29, 1.82) is 0 Å². The van der Waals surface area contributed by atoms with Gasteiger partial charge in [0.05, 0.1) is 6.61 Å². The van der Waals surface area contributed by atoms with E-state index in [9.17, 15) is 9.59 Å². The lowest BCUT2D eigenvalue weighted by Crippen LogP contribution is -2.27. The van der Waals surface area contributed by atoms with Crippen molar-refractivity contribution in [1.82, 2.24) is 9.36 Å². The molecule has 0 bridgehead atoms. The van der Waals surface area contributed by atoms with E-state index in [1.807, 2.05) is 19.9 Å². The van der Waals surface area contributed by atoms with E-state index in [1.165, 1.54) is 0 Å². The SMILES string of the molecule is CCOCCOC(=O)Oc1c(-c2ccc(C)cc2Cl)c(=O)n2n1CCCC2. The van der Waals surface area contributed by atoms with Gasteiger partial charge in [0.25, 0.3) is 5.56 Å². The molecule has 1 aromatic heterocycles. The quantitative estimate of drug-likeness (QED) is 0.552. The molecule has 0 unspecified atom stereocenters. The lowest BCUT2D eigenvalue weighted by Gasteiger charge is -2.18. The van der Waals surface area contributed by atoms with Gasteiger partial charge >= 0.3 is 6.16 Å². The Labute approximate surface area is 162 Å². The molecule has 0 spiro atoms. The van der Waals surface area contributed by atoms with Gasteiger partial charge in [-0.1, -0.05) is 23.7 Å². The molecule has 1 aliphatic heterocycles. The maximum absolute atomic E-state index is 13.0. The number of aromatic nitrogens is 2. The van der Waals surface area contributed by atoms with Crippen molar-refractivity contribution in [2.45, 2.75) is 39.8 Å². The van der Waals surface area contributed by atoms with E-state index in [1.54, 1.807) is 21.5 Å². The third-order valence-corrected chi connectivity index (χ3v) is 4.72. The van der Waals surface area contributed by atoms with Gasteiger partial charge in [-0.3, -0.25) is 9.48 Å². The number of hydrogen-bond acceptors (Lipinski definition) is 5. The standard InChI is InChI=1S/C19H23ClN2O5/c1-3-25-10-11-26-19(24)27-18-16(14-7-6-13(2)12-15(14)20)17(23)21-8-4-5-9-22(18)21/h6-7,12H,3-5,8-11H2,1-2H3. The smallest absolute Gasteiger partial charge is 0.431 e. The van der Waals surface area contributed by atoms with Gasteiger partial charge in [-0.15, -0.1) is 0 Å². The predicted octanol–water partition coefficient (Wildman–Crippen LogP) is 3.62. The van der Waals surface area contributed by atoms with Crippen molar-refractivity contribution in [2.24, 2.45) is 0 Å². The molecule has 3 rings (SSSR count). The van der Waals surface area contributed by atoms with Crippen molar-refractivity contribution in [2.75, 3.05) is 19.8 Å². The normalized spacial score (nSPS) is 13.3. The number of rotatable bonds is 6. The predicted molar refractivity (Wildman–Crippen MR) is 102 cm³/mol. The van der Waals surface area contributed by atoms with Gasteiger partial charge in [0, 0.05) is 30.3 Å². The van der Waals surface area contributed by atoms with E-state index in [0.717, 1.165) is 18.4 Å². The number of nitrogens with zero attached hydrogens (tertiary/aromatic N) is 2. The van der Waals surface area contributed by atoms with Crippen molar-refractivity contribution in [3.63, 3.8) is 0 Å². The maximum Gasteiger partial charge on any atom is 0.515 e. The molecule has 0 N–H and O–H groups in total. The molecule has 2 aromatic rings. The Bertz CT molecular complexity index is 887. The lowest BCUT2D eigenvalue weighted by molar-refractivity contribution is 0.0537. The summed E-state index contributed by atoms with van der Waals surface area (Å²) < 4.78 is 18.9. The Morgan fingerprint density at radius 2 is 1.93 bits per heavy atom. The van der Waals surface area contributed by atoms with Gasteiger partial charge in [0.2, 0.25) is 5.88 Å². The Hall–Kier alpha value is -2.25. The van der Waals surface area contributed by atoms with Gasteiger partial charge in [-0.05, 0) is 38.3 Å². The zero-order valence-electron chi connectivity index (χ0n) is 15.5. The monoisotopic (exact) mass is 394 g/mol. The number of carbonyl (C=O) groups is 1. The number of benzene rings is 1. The van der Waals surface area contributed by atoms with Crippen LogP contribution in [0.15, 0.2) is 23.0 Å². The molecule has 8 heteroatoms. The first-order chi connectivity index (χ1) is 13.0. The second-order valence-electron chi connectivity index (χ2n) is 6.32.